The van der Waals surface area contributed by atoms with Gasteiger partial charge in [-0.25, -0.2) is 9.97 Å². The Labute approximate surface area is 95.1 Å². The average Bonchev–Trinajstić information content (AvgIpc) is 2.17. The highest BCUT2D eigenvalue weighted by Crippen LogP contribution is 2.29. The van der Waals surface area contributed by atoms with E-state index in [4.69, 9.17) is 5.11 Å². The highest BCUT2D eigenvalue weighted by molar-refractivity contribution is 7.99. The molecule has 1 heterocycles. The normalized spacial score (nSPS) is 13.8. The van der Waals surface area contributed by atoms with E-state index in [1.165, 1.54) is 0 Å². The van der Waals surface area contributed by atoms with Gasteiger partial charge in [-0.2, -0.15) is 13.2 Å². The first-order chi connectivity index (χ1) is 7.43. The van der Waals surface area contributed by atoms with Crippen molar-refractivity contribution in [2.75, 3.05) is 6.61 Å². The molecule has 90 valence electrons. The van der Waals surface area contributed by atoms with Gasteiger partial charge < -0.3 is 5.11 Å². The molecular formula is C9H11F3N2OS. The van der Waals surface area contributed by atoms with Crippen LogP contribution in [0.3, 0.4) is 0 Å². The van der Waals surface area contributed by atoms with Crippen LogP contribution in [-0.2, 0) is 6.18 Å². The lowest BCUT2D eigenvalue weighted by Crippen LogP contribution is -2.09. The highest BCUT2D eigenvalue weighted by atomic mass is 32.2. The minimum Gasteiger partial charge on any atom is -0.396 e. The molecule has 0 aliphatic heterocycles. The Hall–Kier alpha value is -0.820. The highest BCUT2D eigenvalue weighted by Gasteiger charge is 2.32. The molecule has 0 bridgehead atoms. The standard InChI is InChI=1S/C9H11F3N2OS/c1-6(3-5-15)16-8-13-4-2-7(14-8)9(10,11)12/h2,4,6,15H,3,5H2,1H3. The zero-order chi connectivity index (χ0) is 12.2. The molecular weight excluding hydrogens is 241 g/mol. The van der Waals surface area contributed by atoms with E-state index in [9.17, 15) is 13.2 Å². The molecule has 3 nitrogen and oxygen atoms in total. The SMILES string of the molecule is CC(CCO)Sc1nccc(C(F)(F)F)n1. The third-order valence-electron chi connectivity index (χ3n) is 1.77. The number of nitrogens with zero attached hydrogens (tertiary/aromatic N) is 2. The minimum absolute atomic E-state index is 0.00682. The van der Waals surface area contributed by atoms with Gasteiger partial charge in [-0.3, -0.25) is 0 Å². The van der Waals surface area contributed by atoms with E-state index >= 15 is 0 Å². The molecule has 0 saturated heterocycles. The van der Waals surface area contributed by atoms with Gasteiger partial charge in [0.2, 0.25) is 0 Å². The first-order valence-corrected chi connectivity index (χ1v) is 5.49. The van der Waals surface area contributed by atoms with Crippen LogP contribution < -0.4 is 0 Å². The van der Waals surface area contributed by atoms with Gasteiger partial charge in [0.25, 0.3) is 0 Å². The van der Waals surface area contributed by atoms with Gasteiger partial charge in [-0.15, -0.1) is 0 Å². The van der Waals surface area contributed by atoms with Crippen molar-refractivity contribution in [1.82, 2.24) is 9.97 Å². The minimum atomic E-state index is -4.45. The number of thioether (sulfide) groups is 1. The summed E-state index contributed by atoms with van der Waals surface area (Å²) >= 11 is 1.12. The Kier molecular flexibility index (Phi) is 4.55. The zero-order valence-electron chi connectivity index (χ0n) is 8.53. The second kappa shape index (κ2) is 5.49. The largest absolute Gasteiger partial charge is 0.433 e. The van der Waals surface area contributed by atoms with Crippen molar-refractivity contribution in [2.45, 2.75) is 29.9 Å². The molecule has 1 unspecified atom stereocenters. The zero-order valence-corrected chi connectivity index (χ0v) is 9.35. The topological polar surface area (TPSA) is 46.0 Å². The van der Waals surface area contributed by atoms with Gasteiger partial charge in [0, 0.05) is 18.1 Å². The molecule has 1 N–H and O–H groups in total. The third kappa shape index (κ3) is 3.97. The maximum atomic E-state index is 12.3. The molecule has 0 aliphatic carbocycles. The number of hydrogen-bond acceptors (Lipinski definition) is 4. The van der Waals surface area contributed by atoms with Crippen LogP contribution in [0.25, 0.3) is 0 Å². The number of hydrogen-bond donors (Lipinski definition) is 1. The summed E-state index contributed by atoms with van der Waals surface area (Å²) in [4.78, 5) is 7.16. The Morgan fingerprint density at radius 2 is 2.19 bits per heavy atom. The molecule has 1 rings (SSSR count). The van der Waals surface area contributed by atoms with Crippen LogP contribution in [0.5, 0.6) is 0 Å². The lowest BCUT2D eigenvalue weighted by Gasteiger charge is -2.09. The molecule has 16 heavy (non-hydrogen) atoms. The Morgan fingerprint density at radius 1 is 1.50 bits per heavy atom. The quantitative estimate of drug-likeness (QED) is 0.660. The van der Waals surface area contributed by atoms with Crippen molar-refractivity contribution >= 4 is 11.8 Å². The maximum absolute atomic E-state index is 12.3. The smallest absolute Gasteiger partial charge is 0.396 e. The van der Waals surface area contributed by atoms with E-state index in [0.717, 1.165) is 24.0 Å². The van der Waals surface area contributed by atoms with E-state index in [0.29, 0.717) is 6.42 Å². The predicted octanol–water partition coefficient (Wildman–Crippen LogP) is 2.36. The summed E-state index contributed by atoms with van der Waals surface area (Å²) in [7, 11) is 0. The molecule has 7 heteroatoms. The molecule has 0 amide bonds. The van der Waals surface area contributed by atoms with Gasteiger partial charge in [0.1, 0.15) is 5.69 Å². The summed E-state index contributed by atoms with van der Waals surface area (Å²) in [6.07, 6.45) is -2.87. The Morgan fingerprint density at radius 3 is 2.75 bits per heavy atom. The predicted molar refractivity (Wildman–Crippen MR) is 54.1 cm³/mol. The Balaban J connectivity index is 2.75. The number of alkyl halides is 3. The number of rotatable bonds is 4. The van der Waals surface area contributed by atoms with Crippen LogP contribution in [0.1, 0.15) is 19.0 Å². The number of aliphatic hydroxyl groups is 1. The van der Waals surface area contributed by atoms with E-state index in [1.807, 2.05) is 0 Å². The summed E-state index contributed by atoms with van der Waals surface area (Å²) in [6.45, 7) is 1.79. The van der Waals surface area contributed by atoms with Crippen LogP contribution in [0, 0.1) is 0 Å². The van der Waals surface area contributed by atoms with Crippen LogP contribution in [0.2, 0.25) is 0 Å². The monoisotopic (exact) mass is 252 g/mol. The molecule has 0 radical (unpaired) electrons. The summed E-state index contributed by atoms with van der Waals surface area (Å²) in [5.41, 5.74) is -0.943. The van der Waals surface area contributed by atoms with Crippen LogP contribution in [0.15, 0.2) is 17.4 Å². The maximum Gasteiger partial charge on any atom is 0.433 e. The number of halogens is 3. The fourth-order valence-electron chi connectivity index (χ4n) is 0.976. The van der Waals surface area contributed by atoms with Gasteiger partial charge in [-0.1, -0.05) is 18.7 Å². The summed E-state index contributed by atoms with van der Waals surface area (Å²) in [5.74, 6) is 0. The van der Waals surface area contributed by atoms with Crippen LogP contribution in [-0.4, -0.2) is 26.9 Å². The van der Waals surface area contributed by atoms with Gasteiger partial charge in [0.15, 0.2) is 5.16 Å². The molecule has 0 aliphatic rings. The van der Waals surface area contributed by atoms with Gasteiger partial charge >= 0.3 is 6.18 Å². The van der Waals surface area contributed by atoms with Crippen molar-refractivity contribution in [1.29, 1.82) is 0 Å². The van der Waals surface area contributed by atoms with Crippen molar-refractivity contribution in [3.63, 3.8) is 0 Å². The van der Waals surface area contributed by atoms with Crippen LogP contribution >= 0.6 is 11.8 Å². The van der Waals surface area contributed by atoms with Gasteiger partial charge in [0.05, 0.1) is 0 Å². The lowest BCUT2D eigenvalue weighted by atomic mass is 10.3. The van der Waals surface area contributed by atoms with Crippen molar-refractivity contribution < 1.29 is 18.3 Å². The first kappa shape index (κ1) is 13.2. The fraction of sp³-hybridized carbons (Fsp3) is 0.556. The van der Waals surface area contributed by atoms with Crippen molar-refractivity contribution in [3.8, 4) is 0 Å². The van der Waals surface area contributed by atoms with E-state index in [1.54, 1.807) is 6.92 Å². The lowest BCUT2D eigenvalue weighted by molar-refractivity contribution is -0.141. The summed E-state index contributed by atoms with van der Waals surface area (Å²) < 4.78 is 36.9. The second-order valence-corrected chi connectivity index (χ2v) is 4.57. The first-order valence-electron chi connectivity index (χ1n) is 4.61. The molecule has 1 aromatic rings. The molecule has 1 atom stereocenters. The average molecular weight is 252 g/mol. The molecule has 0 spiro atoms. The van der Waals surface area contributed by atoms with E-state index in [2.05, 4.69) is 9.97 Å². The van der Waals surface area contributed by atoms with E-state index < -0.39 is 11.9 Å². The molecule has 0 fully saturated rings. The van der Waals surface area contributed by atoms with Crippen LogP contribution in [0.4, 0.5) is 13.2 Å². The van der Waals surface area contributed by atoms with Gasteiger partial charge in [-0.05, 0) is 12.5 Å². The number of aromatic nitrogens is 2. The Bertz CT molecular complexity index is 346. The van der Waals surface area contributed by atoms with E-state index in [-0.39, 0.29) is 17.0 Å². The molecule has 0 saturated carbocycles. The third-order valence-corrected chi connectivity index (χ3v) is 2.81. The molecule has 1 aromatic heterocycles. The fourth-order valence-corrected chi connectivity index (χ4v) is 1.83. The summed E-state index contributed by atoms with van der Waals surface area (Å²) in [6, 6.07) is 0.834. The second-order valence-electron chi connectivity index (χ2n) is 3.16. The summed E-state index contributed by atoms with van der Waals surface area (Å²) in [5, 5.41) is 8.72. The van der Waals surface area contributed by atoms with Crippen molar-refractivity contribution in [3.05, 3.63) is 18.0 Å². The van der Waals surface area contributed by atoms with Crippen molar-refractivity contribution in [2.24, 2.45) is 0 Å². The number of aliphatic hydroxyl groups excluding tert-OH is 1. The molecule has 0 aromatic carbocycles.